The molecule has 0 fully saturated rings. The second-order valence-electron chi connectivity index (χ2n) is 5.25. The Kier molecular flexibility index (Phi) is 4.45. The minimum atomic E-state index is -0.930. The van der Waals surface area contributed by atoms with Gasteiger partial charge in [0.15, 0.2) is 5.78 Å². The van der Waals surface area contributed by atoms with Gasteiger partial charge in [-0.05, 0) is 51.5 Å². The summed E-state index contributed by atoms with van der Waals surface area (Å²) in [5.74, 6) is -1.76. The molecule has 0 saturated heterocycles. The summed E-state index contributed by atoms with van der Waals surface area (Å²) >= 11 is 0. The molecule has 0 aromatic carbocycles. The minimum absolute atomic E-state index is 0.0174. The maximum Gasteiger partial charge on any atom is 0.320 e. The van der Waals surface area contributed by atoms with Crippen LogP contribution in [0.15, 0.2) is 24.4 Å². The normalized spacial score (nSPS) is 12.2. The molecule has 0 spiro atoms. The van der Waals surface area contributed by atoms with Crippen molar-refractivity contribution in [1.82, 2.24) is 4.40 Å². The van der Waals surface area contributed by atoms with E-state index in [0.29, 0.717) is 11.1 Å². The number of carbonyl (C=O) groups excluding carboxylic acids is 3. The van der Waals surface area contributed by atoms with E-state index in [2.05, 4.69) is 0 Å². The van der Waals surface area contributed by atoms with Gasteiger partial charge in [-0.2, -0.15) is 0 Å². The molecule has 2 heterocycles. The Morgan fingerprint density at radius 2 is 1.91 bits per heavy atom. The van der Waals surface area contributed by atoms with Gasteiger partial charge in [-0.1, -0.05) is 0 Å². The van der Waals surface area contributed by atoms with Gasteiger partial charge in [0, 0.05) is 23.0 Å². The molecule has 0 aliphatic rings. The number of Topliss-reactive ketones (excluding diaryl/α,β-unsaturated/α-hetero) is 2. The van der Waals surface area contributed by atoms with E-state index in [-0.39, 0.29) is 18.2 Å². The molecule has 0 saturated carbocycles. The van der Waals surface area contributed by atoms with Gasteiger partial charge in [0.05, 0.1) is 6.61 Å². The maximum absolute atomic E-state index is 12.0. The number of ketones is 2. The zero-order valence-electron chi connectivity index (χ0n) is 13.2. The summed E-state index contributed by atoms with van der Waals surface area (Å²) in [4.78, 5) is 35.4. The fourth-order valence-electron chi connectivity index (χ4n) is 2.63. The van der Waals surface area contributed by atoms with Gasteiger partial charge in [-0.3, -0.25) is 14.4 Å². The van der Waals surface area contributed by atoms with Crippen molar-refractivity contribution >= 4 is 23.1 Å². The third-order valence-corrected chi connectivity index (χ3v) is 3.69. The van der Waals surface area contributed by atoms with Gasteiger partial charge in [-0.15, -0.1) is 0 Å². The lowest BCUT2D eigenvalue weighted by Crippen LogP contribution is -2.22. The van der Waals surface area contributed by atoms with E-state index in [4.69, 9.17) is 4.74 Å². The molecule has 2 aromatic rings. The first kappa shape index (κ1) is 15.9. The second-order valence-corrected chi connectivity index (χ2v) is 5.25. The Hall–Kier alpha value is -2.43. The molecule has 0 bridgehead atoms. The largest absolute Gasteiger partial charge is 0.465 e. The van der Waals surface area contributed by atoms with E-state index in [0.717, 1.165) is 11.2 Å². The number of aryl methyl sites for hydroxylation is 1. The summed E-state index contributed by atoms with van der Waals surface area (Å²) in [6, 6.07) is 5.23. The minimum Gasteiger partial charge on any atom is -0.465 e. The van der Waals surface area contributed by atoms with Gasteiger partial charge in [0.25, 0.3) is 0 Å². The Morgan fingerprint density at radius 3 is 2.45 bits per heavy atom. The van der Waals surface area contributed by atoms with Crippen LogP contribution in [-0.2, 0) is 14.3 Å². The third kappa shape index (κ3) is 2.79. The van der Waals surface area contributed by atoms with Crippen LogP contribution >= 0.6 is 0 Å². The number of esters is 1. The number of ether oxygens (including phenoxy) is 1. The molecule has 116 valence electrons. The second kappa shape index (κ2) is 6.13. The smallest absolute Gasteiger partial charge is 0.320 e. The predicted octanol–water partition coefficient (Wildman–Crippen LogP) is 2.69. The zero-order valence-corrected chi connectivity index (χ0v) is 13.2. The van der Waals surface area contributed by atoms with Crippen LogP contribution in [0.4, 0.5) is 0 Å². The Bertz CT molecular complexity index is 757. The summed E-state index contributed by atoms with van der Waals surface area (Å²) in [7, 11) is 0. The maximum atomic E-state index is 12.0. The Morgan fingerprint density at radius 1 is 1.23 bits per heavy atom. The lowest BCUT2D eigenvalue weighted by atomic mass is 9.96. The van der Waals surface area contributed by atoms with Crippen LogP contribution in [0.3, 0.4) is 0 Å². The van der Waals surface area contributed by atoms with Crippen LogP contribution in [-0.4, -0.2) is 28.5 Å². The third-order valence-electron chi connectivity index (χ3n) is 3.69. The molecular weight excluding hydrogens is 282 g/mol. The van der Waals surface area contributed by atoms with Gasteiger partial charge in [0.2, 0.25) is 0 Å². The number of fused-ring (bicyclic) bond motifs is 1. The molecule has 0 radical (unpaired) electrons. The number of nitrogens with zero attached hydrogens (tertiary/aromatic N) is 1. The number of pyridine rings is 1. The van der Waals surface area contributed by atoms with Crippen LogP contribution in [0.25, 0.3) is 5.52 Å². The molecule has 1 unspecified atom stereocenters. The molecule has 2 aromatic heterocycles. The summed E-state index contributed by atoms with van der Waals surface area (Å²) in [6.45, 7) is 6.67. The molecule has 1 atom stereocenters. The van der Waals surface area contributed by atoms with Gasteiger partial charge >= 0.3 is 5.97 Å². The fraction of sp³-hybridized carbons (Fsp3) is 0.353. The summed E-state index contributed by atoms with van der Waals surface area (Å²) in [5.41, 5.74) is 2.82. The molecule has 0 aliphatic heterocycles. The number of aromatic nitrogens is 1. The molecule has 2 rings (SSSR count). The SMILES string of the molecule is CCOC(=O)C(C(C)=O)c1ccn2c(C)c(C(C)=O)cc2c1. The van der Waals surface area contributed by atoms with E-state index in [1.165, 1.54) is 13.8 Å². The summed E-state index contributed by atoms with van der Waals surface area (Å²) in [5, 5.41) is 0. The zero-order chi connectivity index (χ0) is 16.4. The highest BCUT2D eigenvalue weighted by Gasteiger charge is 2.27. The van der Waals surface area contributed by atoms with Crippen molar-refractivity contribution in [1.29, 1.82) is 0 Å². The van der Waals surface area contributed by atoms with Crippen molar-refractivity contribution in [2.45, 2.75) is 33.6 Å². The molecule has 5 heteroatoms. The van der Waals surface area contributed by atoms with Crippen molar-refractivity contribution in [3.8, 4) is 0 Å². The van der Waals surface area contributed by atoms with E-state index >= 15 is 0 Å². The van der Waals surface area contributed by atoms with E-state index in [1.807, 2.05) is 11.3 Å². The Balaban J connectivity index is 2.53. The number of carbonyl (C=O) groups is 3. The molecule has 0 N–H and O–H groups in total. The van der Waals surface area contributed by atoms with Crippen molar-refractivity contribution in [2.24, 2.45) is 0 Å². The Labute approximate surface area is 128 Å². The van der Waals surface area contributed by atoms with Crippen molar-refractivity contribution in [3.05, 3.63) is 41.2 Å². The van der Waals surface area contributed by atoms with E-state index in [1.54, 1.807) is 31.3 Å². The van der Waals surface area contributed by atoms with Gasteiger partial charge in [0.1, 0.15) is 11.7 Å². The van der Waals surface area contributed by atoms with Crippen molar-refractivity contribution in [3.63, 3.8) is 0 Å². The van der Waals surface area contributed by atoms with Crippen LogP contribution in [0.2, 0.25) is 0 Å². The lowest BCUT2D eigenvalue weighted by Gasteiger charge is -2.13. The number of hydrogen-bond acceptors (Lipinski definition) is 4. The highest BCUT2D eigenvalue weighted by atomic mass is 16.5. The quantitative estimate of drug-likeness (QED) is 0.484. The van der Waals surface area contributed by atoms with E-state index < -0.39 is 11.9 Å². The van der Waals surface area contributed by atoms with Crippen molar-refractivity contribution in [2.75, 3.05) is 6.61 Å². The lowest BCUT2D eigenvalue weighted by molar-refractivity contribution is -0.147. The first-order chi connectivity index (χ1) is 10.4. The molecule has 22 heavy (non-hydrogen) atoms. The summed E-state index contributed by atoms with van der Waals surface area (Å²) in [6.07, 6.45) is 1.77. The number of rotatable bonds is 5. The standard InChI is InChI=1S/C17H19NO4/c1-5-22-17(21)16(12(4)20)13-6-7-18-10(2)15(11(3)19)9-14(18)8-13/h6-9,16H,5H2,1-4H3. The first-order valence-electron chi connectivity index (χ1n) is 7.16. The highest BCUT2D eigenvalue weighted by Crippen LogP contribution is 2.24. The molecule has 0 amide bonds. The van der Waals surface area contributed by atoms with Crippen LogP contribution in [0, 0.1) is 6.92 Å². The van der Waals surface area contributed by atoms with Crippen LogP contribution in [0.1, 0.15) is 48.3 Å². The number of hydrogen-bond donors (Lipinski definition) is 0. The predicted molar refractivity (Wildman–Crippen MR) is 82.2 cm³/mol. The topological polar surface area (TPSA) is 64.8 Å². The highest BCUT2D eigenvalue weighted by molar-refractivity contribution is 6.03. The first-order valence-corrected chi connectivity index (χ1v) is 7.16. The van der Waals surface area contributed by atoms with Crippen LogP contribution in [0.5, 0.6) is 0 Å². The van der Waals surface area contributed by atoms with Crippen molar-refractivity contribution < 1.29 is 19.1 Å². The fourth-order valence-corrected chi connectivity index (χ4v) is 2.63. The average molecular weight is 301 g/mol. The van der Waals surface area contributed by atoms with Gasteiger partial charge < -0.3 is 9.14 Å². The van der Waals surface area contributed by atoms with Crippen LogP contribution < -0.4 is 0 Å². The average Bonchev–Trinajstić information content (AvgIpc) is 2.76. The summed E-state index contributed by atoms with van der Waals surface area (Å²) < 4.78 is 6.84. The van der Waals surface area contributed by atoms with E-state index in [9.17, 15) is 14.4 Å². The molecule has 0 aliphatic carbocycles. The molecular formula is C17H19NO4. The monoisotopic (exact) mass is 301 g/mol. The molecule has 5 nitrogen and oxygen atoms in total. The van der Waals surface area contributed by atoms with Gasteiger partial charge in [-0.25, -0.2) is 0 Å².